The molecule has 1 aliphatic heterocycles. The average Bonchev–Trinajstić information content (AvgIpc) is 2.40. The first-order valence-corrected chi connectivity index (χ1v) is 6.83. The molecule has 0 atom stereocenters. The van der Waals surface area contributed by atoms with Crippen LogP contribution in [0.4, 0.5) is 17.8 Å². The Labute approximate surface area is 113 Å². The Hall–Kier alpha value is -1.63. The molecule has 0 amide bonds. The molecule has 7 nitrogen and oxygen atoms in total. The van der Waals surface area contributed by atoms with Crippen LogP contribution in [0.25, 0.3) is 0 Å². The van der Waals surface area contributed by atoms with Gasteiger partial charge < -0.3 is 20.7 Å². The van der Waals surface area contributed by atoms with E-state index in [-0.39, 0.29) is 5.95 Å². The molecule has 2 rings (SSSR count). The van der Waals surface area contributed by atoms with Gasteiger partial charge in [-0.15, -0.1) is 0 Å². The summed E-state index contributed by atoms with van der Waals surface area (Å²) in [6.45, 7) is 7.37. The fourth-order valence-corrected chi connectivity index (χ4v) is 2.12. The minimum atomic E-state index is 0.256. The van der Waals surface area contributed by atoms with Gasteiger partial charge in [-0.1, -0.05) is 0 Å². The third-order valence-electron chi connectivity index (χ3n) is 3.24. The van der Waals surface area contributed by atoms with Crippen molar-refractivity contribution in [3.63, 3.8) is 0 Å². The van der Waals surface area contributed by atoms with Gasteiger partial charge in [0.05, 0.1) is 0 Å². The van der Waals surface area contributed by atoms with Crippen molar-refractivity contribution in [3.05, 3.63) is 0 Å². The first kappa shape index (κ1) is 13.8. The molecule has 1 saturated heterocycles. The van der Waals surface area contributed by atoms with Gasteiger partial charge in [-0.25, -0.2) is 0 Å². The van der Waals surface area contributed by atoms with Crippen molar-refractivity contribution in [2.45, 2.75) is 32.7 Å². The Bertz CT molecular complexity index is 403. The van der Waals surface area contributed by atoms with E-state index in [0.717, 1.165) is 39.1 Å². The SMILES string of the molecule is CCN(CC)c1nc(N)nc(NC2CCOCC2)n1. The second kappa shape index (κ2) is 6.51. The van der Waals surface area contributed by atoms with Crippen molar-refractivity contribution in [1.29, 1.82) is 0 Å². The van der Waals surface area contributed by atoms with Crippen molar-refractivity contribution in [3.8, 4) is 0 Å². The number of nitrogens with one attached hydrogen (secondary N) is 1. The van der Waals surface area contributed by atoms with Gasteiger partial charge in [-0.2, -0.15) is 15.0 Å². The van der Waals surface area contributed by atoms with Gasteiger partial charge in [0.1, 0.15) is 0 Å². The van der Waals surface area contributed by atoms with Crippen LogP contribution >= 0.6 is 0 Å². The summed E-state index contributed by atoms with van der Waals surface area (Å²) in [5.41, 5.74) is 5.76. The Kier molecular flexibility index (Phi) is 4.73. The molecule has 7 heteroatoms. The van der Waals surface area contributed by atoms with E-state index in [1.807, 2.05) is 4.90 Å². The molecule has 0 aromatic carbocycles. The second-order valence-electron chi connectivity index (χ2n) is 4.52. The van der Waals surface area contributed by atoms with Crippen LogP contribution in [0, 0.1) is 0 Å². The molecule has 0 aliphatic carbocycles. The van der Waals surface area contributed by atoms with Gasteiger partial charge in [0.15, 0.2) is 0 Å². The molecule has 19 heavy (non-hydrogen) atoms. The maximum absolute atomic E-state index is 5.76. The number of hydrogen-bond acceptors (Lipinski definition) is 7. The minimum Gasteiger partial charge on any atom is -0.381 e. The van der Waals surface area contributed by atoms with Crippen LogP contribution in [-0.2, 0) is 4.74 Å². The molecule has 0 saturated carbocycles. The maximum Gasteiger partial charge on any atom is 0.231 e. The van der Waals surface area contributed by atoms with Crippen LogP contribution in [0.15, 0.2) is 0 Å². The summed E-state index contributed by atoms with van der Waals surface area (Å²) in [7, 11) is 0. The molecule has 1 fully saturated rings. The lowest BCUT2D eigenvalue weighted by molar-refractivity contribution is 0.0903. The lowest BCUT2D eigenvalue weighted by atomic mass is 10.1. The number of nitrogens with two attached hydrogens (primary N) is 1. The number of nitrogens with zero attached hydrogens (tertiary/aromatic N) is 4. The molecule has 0 unspecified atom stereocenters. The summed E-state index contributed by atoms with van der Waals surface area (Å²) in [5.74, 6) is 1.44. The van der Waals surface area contributed by atoms with Gasteiger partial charge in [-0.3, -0.25) is 0 Å². The summed E-state index contributed by atoms with van der Waals surface area (Å²) in [6, 6.07) is 0.347. The second-order valence-corrected chi connectivity index (χ2v) is 4.52. The highest BCUT2D eigenvalue weighted by atomic mass is 16.5. The van der Waals surface area contributed by atoms with Crippen molar-refractivity contribution < 1.29 is 4.74 Å². The lowest BCUT2D eigenvalue weighted by Crippen LogP contribution is -2.30. The van der Waals surface area contributed by atoms with Crippen LogP contribution in [0.3, 0.4) is 0 Å². The zero-order valence-corrected chi connectivity index (χ0v) is 11.6. The summed E-state index contributed by atoms with van der Waals surface area (Å²) in [6.07, 6.45) is 1.93. The van der Waals surface area contributed by atoms with E-state index in [4.69, 9.17) is 10.5 Å². The van der Waals surface area contributed by atoms with Crippen molar-refractivity contribution in [2.75, 3.05) is 42.3 Å². The lowest BCUT2D eigenvalue weighted by Gasteiger charge is -2.24. The first-order valence-electron chi connectivity index (χ1n) is 6.83. The van der Waals surface area contributed by atoms with Crippen LogP contribution in [0.2, 0.25) is 0 Å². The van der Waals surface area contributed by atoms with Gasteiger partial charge in [0.2, 0.25) is 17.8 Å². The standard InChI is InChI=1S/C12H22N6O/c1-3-18(4-2)12-16-10(13)15-11(17-12)14-9-5-7-19-8-6-9/h9H,3-8H2,1-2H3,(H3,13,14,15,16,17). The van der Waals surface area contributed by atoms with Gasteiger partial charge in [0, 0.05) is 32.3 Å². The van der Waals surface area contributed by atoms with E-state index in [2.05, 4.69) is 34.1 Å². The number of aromatic nitrogens is 3. The van der Waals surface area contributed by atoms with Crippen LogP contribution in [0.1, 0.15) is 26.7 Å². The first-order chi connectivity index (χ1) is 9.22. The van der Waals surface area contributed by atoms with Crippen molar-refractivity contribution in [1.82, 2.24) is 15.0 Å². The summed E-state index contributed by atoms with van der Waals surface area (Å²) in [5, 5.41) is 3.32. The number of hydrogen-bond donors (Lipinski definition) is 2. The maximum atomic E-state index is 5.76. The van der Waals surface area contributed by atoms with Crippen molar-refractivity contribution in [2.24, 2.45) is 0 Å². The molecule has 0 radical (unpaired) electrons. The fourth-order valence-electron chi connectivity index (χ4n) is 2.12. The molecule has 1 aromatic rings. The van der Waals surface area contributed by atoms with Crippen LogP contribution < -0.4 is 16.0 Å². The van der Waals surface area contributed by atoms with Crippen LogP contribution in [-0.4, -0.2) is 47.3 Å². The Morgan fingerprint density at radius 1 is 1.21 bits per heavy atom. The molecular weight excluding hydrogens is 244 g/mol. The molecule has 106 valence electrons. The molecule has 1 aromatic heterocycles. The topological polar surface area (TPSA) is 89.2 Å². The predicted molar refractivity (Wildman–Crippen MR) is 75.3 cm³/mol. The van der Waals surface area contributed by atoms with Gasteiger partial charge >= 0.3 is 0 Å². The Morgan fingerprint density at radius 2 is 1.89 bits per heavy atom. The molecule has 3 N–H and O–H groups in total. The van der Waals surface area contributed by atoms with E-state index < -0.39 is 0 Å². The third-order valence-corrected chi connectivity index (χ3v) is 3.24. The summed E-state index contributed by atoms with van der Waals surface area (Å²) in [4.78, 5) is 14.8. The van der Waals surface area contributed by atoms with E-state index in [1.165, 1.54) is 0 Å². The smallest absolute Gasteiger partial charge is 0.231 e. The molecule has 2 heterocycles. The number of ether oxygens (including phenoxy) is 1. The predicted octanol–water partition coefficient (Wildman–Crippen LogP) is 0.891. The van der Waals surface area contributed by atoms with Gasteiger partial charge in [-0.05, 0) is 26.7 Å². The highest BCUT2D eigenvalue weighted by molar-refractivity contribution is 5.42. The average molecular weight is 266 g/mol. The molecule has 0 bridgehead atoms. The normalized spacial score (nSPS) is 16.3. The van der Waals surface area contributed by atoms with Crippen LogP contribution in [0.5, 0.6) is 0 Å². The van der Waals surface area contributed by atoms with Crippen molar-refractivity contribution >= 4 is 17.8 Å². The quantitative estimate of drug-likeness (QED) is 0.818. The minimum absolute atomic E-state index is 0.256. The van der Waals surface area contributed by atoms with E-state index >= 15 is 0 Å². The summed E-state index contributed by atoms with van der Waals surface area (Å²) < 4.78 is 5.33. The van der Waals surface area contributed by atoms with Gasteiger partial charge in [0.25, 0.3) is 0 Å². The third kappa shape index (κ3) is 3.66. The summed E-state index contributed by atoms with van der Waals surface area (Å²) >= 11 is 0. The molecule has 0 spiro atoms. The van der Waals surface area contributed by atoms with E-state index in [1.54, 1.807) is 0 Å². The monoisotopic (exact) mass is 266 g/mol. The number of nitrogen functional groups attached to an aromatic ring is 1. The zero-order chi connectivity index (χ0) is 13.7. The van der Waals surface area contributed by atoms with E-state index in [0.29, 0.717) is 17.9 Å². The molecular formula is C12H22N6O. The number of anilines is 3. The fraction of sp³-hybridized carbons (Fsp3) is 0.750. The number of rotatable bonds is 5. The molecule has 1 aliphatic rings. The zero-order valence-electron chi connectivity index (χ0n) is 11.6. The Balaban J connectivity index is 2.11. The largest absolute Gasteiger partial charge is 0.381 e. The Morgan fingerprint density at radius 3 is 2.53 bits per heavy atom. The van der Waals surface area contributed by atoms with E-state index in [9.17, 15) is 0 Å². The highest BCUT2D eigenvalue weighted by Crippen LogP contribution is 2.15. The highest BCUT2D eigenvalue weighted by Gasteiger charge is 2.16.